The smallest absolute Gasteiger partial charge is 0.337 e. The molecule has 1 amide bonds. The lowest BCUT2D eigenvalue weighted by Crippen LogP contribution is -2.32. The maximum absolute atomic E-state index is 12.1. The van der Waals surface area contributed by atoms with E-state index in [0.29, 0.717) is 22.8 Å². The van der Waals surface area contributed by atoms with Crippen molar-refractivity contribution in [2.45, 2.75) is 6.92 Å². The van der Waals surface area contributed by atoms with Gasteiger partial charge in [-0.1, -0.05) is 6.07 Å². The lowest BCUT2D eigenvalue weighted by atomic mass is 10.1. The van der Waals surface area contributed by atoms with E-state index in [1.807, 2.05) is 31.3 Å². The normalized spacial score (nSPS) is 10.7. The van der Waals surface area contributed by atoms with E-state index in [9.17, 15) is 14.7 Å². The van der Waals surface area contributed by atoms with Crippen LogP contribution in [0.4, 0.5) is 11.4 Å². The van der Waals surface area contributed by atoms with Crippen molar-refractivity contribution in [3.8, 4) is 0 Å². The van der Waals surface area contributed by atoms with Crippen LogP contribution in [0.25, 0.3) is 0 Å². The molecule has 7 heteroatoms. The first-order valence-corrected chi connectivity index (χ1v) is 8.92. The molecule has 0 aliphatic heterocycles. The Morgan fingerprint density at radius 1 is 1.20 bits per heavy atom. The van der Waals surface area contributed by atoms with Crippen LogP contribution >= 0.6 is 11.3 Å². The molecule has 1 heterocycles. The highest BCUT2D eigenvalue weighted by molar-refractivity contribution is 7.12. The molecule has 25 heavy (non-hydrogen) atoms. The van der Waals surface area contributed by atoms with Crippen molar-refractivity contribution < 1.29 is 14.7 Å². The Kier molecular flexibility index (Phi) is 6.55. The number of thiophene rings is 1. The first-order chi connectivity index (χ1) is 11.9. The minimum Gasteiger partial charge on any atom is -0.478 e. The first-order valence-electron chi connectivity index (χ1n) is 8.04. The van der Waals surface area contributed by atoms with E-state index in [1.54, 1.807) is 24.3 Å². The summed E-state index contributed by atoms with van der Waals surface area (Å²) in [5.41, 5.74) is 1.32. The molecule has 0 aliphatic rings. The van der Waals surface area contributed by atoms with E-state index in [0.717, 1.165) is 13.1 Å². The summed E-state index contributed by atoms with van der Waals surface area (Å²) in [5, 5.41) is 14.2. The molecule has 134 valence electrons. The number of carboxylic acid groups (broad SMARTS) is 1. The molecule has 2 aromatic rings. The molecule has 0 unspecified atom stereocenters. The van der Waals surface area contributed by atoms with Gasteiger partial charge in [0.05, 0.1) is 16.1 Å². The summed E-state index contributed by atoms with van der Waals surface area (Å²) in [6.45, 7) is 4.25. The van der Waals surface area contributed by atoms with Gasteiger partial charge < -0.3 is 20.2 Å². The second-order valence-electron chi connectivity index (χ2n) is 5.85. The maximum Gasteiger partial charge on any atom is 0.337 e. The number of carboxylic acids is 1. The van der Waals surface area contributed by atoms with Crippen molar-refractivity contribution in [1.82, 2.24) is 4.90 Å². The topological polar surface area (TPSA) is 72.9 Å². The van der Waals surface area contributed by atoms with Crippen LogP contribution in [-0.2, 0) is 0 Å². The Morgan fingerprint density at radius 2 is 1.96 bits per heavy atom. The van der Waals surface area contributed by atoms with E-state index < -0.39 is 5.97 Å². The molecule has 0 spiro atoms. The quantitative estimate of drug-likeness (QED) is 0.756. The number of carbonyl (C=O) groups excluding carboxylic acids is 1. The van der Waals surface area contributed by atoms with Gasteiger partial charge in [-0.2, -0.15) is 0 Å². The fourth-order valence-electron chi connectivity index (χ4n) is 2.43. The number of benzene rings is 1. The van der Waals surface area contributed by atoms with Crippen LogP contribution in [0, 0.1) is 0 Å². The van der Waals surface area contributed by atoms with Gasteiger partial charge in [0, 0.05) is 25.3 Å². The minimum absolute atomic E-state index is 0.185. The van der Waals surface area contributed by atoms with Crippen molar-refractivity contribution in [1.29, 1.82) is 0 Å². The molecule has 2 N–H and O–H groups in total. The highest BCUT2D eigenvalue weighted by atomic mass is 32.1. The van der Waals surface area contributed by atoms with E-state index >= 15 is 0 Å². The molecule has 0 radical (unpaired) electrons. The predicted molar refractivity (Wildman–Crippen MR) is 102 cm³/mol. The minimum atomic E-state index is -1.01. The number of nitrogens with zero attached hydrogens (tertiary/aromatic N) is 2. The highest BCUT2D eigenvalue weighted by Crippen LogP contribution is 2.25. The first kappa shape index (κ1) is 19.0. The average Bonchev–Trinajstić information content (AvgIpc) is 3.10. The van der Waals surface area contributed by atoms with Crippen molar-refractivity contribution in [2.24, 2.45) is 0 Å². The van der Waals surface area contributed by atoms with E-state index in [-0.39, 0.29) is 11.5 Å². The van der Waals surface area contributed by atoms with Gasteiger partial charge in [-0.3, -0.25) is 4.79 Å². The van der Waals surface area contributed by atoms with Crippen LogP contribution in [-0.4, -0.2) is 55.6 Å². The highest BCUT2D eigenvalue weighted by Gasteiger charge is 2.17. The molecule has 6 nitrogen and oxygen atoms in total. The van der Waals surface area contributed by atoms with Crippen molar-refractivity contribution in [3.63, 3.8) is 0 Å². The predicted octanol–water partition coefficient (Wildman–Crippen LogP) is 3.09. The molecule has 0 saturated carbocycles. The van der Waals surface area contributed by atoms with Crippen LogP contribution in [0.3, 0.4) is 0 Å². The van der Waals surface area contributed by atoms with Crippen LogP contribution < -0.4 is 10.2 Å². The number of rotatable bonds is 8. The summed E-state index contributed by atoms with van der Waals surface area (Å²) in [6.07, 6.45) is 0. The second-order valence-corrected chi connectivity index (χ2v) is 6.80. The second kappa shape index (κ2) is 8.64. The van der Waals surface area contributed by atoms with Gasteiger partial charge in [-0.25, -0.2) is 4.79 Å². The van der Waals surface area contributed by atoms with Gasteiger partial charge in [0.2, 0.25) is 0 Å². The Balaban J connectivity index is 2.24. The van der Waals surface area contributed by atoms with Gasteiger partial charge in [0.15, 0.2) is 0 Å². The fourth-order valence-corrected chi connectivity index (χ4v) is 3.05. The van der Waals surface area contributed by atoms with Gasteiger partial charge >= 0.3 is 5.97 Å². The van der Waals surface area contributed by atoms with Gasteiger partial charge in [0.25, 0.3) is 5.91 Å². The lowest BCUT2D eigenvalue weighted by Gasteiger charge is -2.26. The fraction of sp³-hybridized carbons (Fsp3) is 0.333. The monoisotopic (exact) mass is 361 g/mol. The van der Waals surface area contributed by atoms with Crippen molar-refractivity contribution in [2.75, 3.05) is 43.9 Å². The third-order valence-electron chi connectivity index (χ3n) is 3.77. The summed E-state index contributed by atoms with van der Waals surface area (Å²) in [7, 11) is 3.96. The van der Waals surface area contributed by atoms with Crippen molar-refractivity contribution in [3.05, 3.63) is 46.2 Å². The summed E-state index contributed by atoms with van der Waals surface area (Å²) in [4.78, 5) is 28.5. The summed E-state index contributed by atoms with van der Waals surface area (Å²) in [5.74, 6) is -1.25. The average molecular weight is 361 g/mol. The van der Waals surface area contributed by atoms with Gasteiger partial charge in [0.1, 0.15) is 0 Å². The zero-order chi connectivity index (χ0) is 18.4. The van der Waals surface area contributed by atoms with Crippen molar-refractivity contribution >= 4 is 34.6 Å². The number of hydrogen-bond acceptors (Lipinski definition) is 5. The number of likely N-dealkylation sites (N-methyl/N-ethyl adjacent to an activating group) is 2. The molecule has 0 fully saturated rings. The van der Waals surface area contributed by atoms with Crippen LogP contribution in [0.2, 0.25) is 0 Å². The Bertz CT molecular complexity index is 729. The standard InChI is InChI=1S/C18H23N3O3S/c1-4-21(10-9-20(2)3)15-8-7-13(12-14(15)18(23)24)19-17(22)16-6-5-11-25-16/h5-8,11-12H,4,9-10H2,1-3H3,(H,19,22)(H,23,24). The summed E-state index contributed by atoms with van der Waals surface area (Å²) >= 11 is 1.34. The Hall–Kier alpha value is -2.38. The molecule has 0 bridgehead atoms. The zero-order valence-corrected chi connectivity index (χ0v) is 15.5. The molecule has 0 saturated heterocycles. The molecular formula is C18H23N3O3S. The number of nitrogens with one attached hydrogen (secondary N) is 1. The molecular weight excluding hydrogens is 338 g/mol. The Morgan fingerprint density at radius 3 is 2.52 bits per heavy atom. The van der Waals surface area contributed by atoms with E-state index in [2.05, 4.69) is 10.2 Å². The van der Waals surface area contributed by atoms with Crippen LogP contribution in [0.15, 0.2) is 35.7 Å². The van der Waals surface area contributed by atoms with E-state index in [4.69, 9.17) is 0 Å². The SMILES string of the molecule is CCN(CCN(C)C)c1ccc(NC(=O)c2cccs2)cc1C(=O)O. The molecule has 2 rings (SSSR count). The molecule has 0 aliphatic carbocycles. The number of amides is 1. The van der Waals surface area contributed by atoms with Gasteiger partial charge in [-0.05, 0) is 50.7 Å². The number of hydrogen-bond donors (Lipinski definition) is 2. The number of carbonyl (C=O) groups is 2. The molecule has 1 aromatic heterocycles. The molecule has 1 aromatic carbocycles. The Labute approximate surface area is 151 Å². The third kappa shape index (κ3) is 5.04. The zero-order valence-electron chi connectivity index (χ0n) is 14.7. The van der Waals surface area contributed by atoms with Gasteiger partial charge in [-0.15, -0.1) is 11.3 Å². The maximum atomic E-state index is 12.1. The summed E-state index contributed by atoms with van der Waals surface area (Å²) in [6, 6.07) is 8.54. The largest absolute Gasteiger partial charge is 0.478 e. The third-order valence-corrected chi connectivity index (χ3v) is 4.64. The van der Waals surface area contributed by atoms with E-state index in [1.165, 1.54) is 17.4 Å². The number of aromatic carboxylic acids is 1. The number of anilines is 2. The molecule has 0 atom stereocenters. The van der Waals surface area contributed by atoms with Crippen LogP contribution in [0.5, 0.6) is 0 Å². The summed E-state index contributed by atoms with van der Waals surface area (Å²) < 4.78 is 0. The van der Waals surface area contributed by atoms with Crippen LogP contribution in [0.1, 0.15) is 27.0 Å². The lowest BCUT2D eigenvalue weighted by molar-refractivity contribution is 0.0697.